The Balaban J connectivity index is 0.00000420. The molecule has 1 aliphatic heterocycles. The molecule has 2 N–H and O–H groups in total. The van der Waals surface area contributed by atoms with Gasteiger partial charge in [0.05, 0.1) is 19.0 Å². The van der Waals surface area contributed by atoms with E-state index in [9.17, 15) is 8.42 Å². The summed E-state index contributed by atoms with van der Waals surface area (Å²) in [5.41, 5.74) is 1.79. The molecule has 1 heterocycles. The average Bonchev–Trinajstić information content (AvgIpc) is 2.71. The van der Waals surface area contributed by atoms with Crippen molar-refractivity contribution in [3.63, 3.8) is 0 Å². The first kappa shape index (κ1) is 26.1. The highest BCUT2D eigenvalue weighted by Crippen LogP contribution is 2.16. The van der Waals surface area contributed by atoms with Crippen LogP contribution in [0.4, 0.5) is 0 Å². The number of aliphatic imine (C=N–C) groups is 1. The summed E-state index contributed by atoms with van der Waals surface area (Å²) in [7, 11) is -1.60. The van der Waals surface area contributed by atoms with Gasteiger partial charge in [-0.15, -0.1) is 24.0 Å². The smallest absolute Gasteiger partial charge is 0.218 e. The minimum absolute atomic E-state index is 0. The summed E-state index contributed by atoms with van der Waals surface area (Å²) in [6.07, 6.45) is 4.79. The second-order valence-electron chi connectivity index (χ2n) is 6.95. The van der Waals surface area contributed by atoms with Gasteiger partial charge in [-0.2, -0.15) is 4.31 Å². The van der Waals surface area contributed by atoms with Crippen molar-refractivity contribution in [2.75, 3.05) is 39.9 Å². The molecular formula is C20H35IN4O3S. The fourth-order valence-corrected chi connectivity index (χ4v) is 4.70. The van der Waals surface area contributed by atoms with Crippen LogP contribution in [0.25, 0.3) is 0 Å². The van der Waals surface area contributed by atoms with E-state index in [0.717, 1.165) is 30.1 Å². The number of halogens is 1. The van der Waals surface area contributed by atoms with E-state index in [1.807, 2.05) is 24.3 Å². The lowest BCUT2D eigenvalue weighted by Gasteiger charge is -2.26. The second-order valence-corrected chi connectivity index (χ2v) is 8.92. The maximum Gasteiger partial charge on any atom is 0.218 e. The molecule has 1 aromatic rings. The Bertz CT molecular complexity index is 722. The lowest BCUT2D eigenvalue weighted by Crippen LogP contribution is -2.41. The molecule has 0 saturated carbocycles. The van der Waals surface area contributed by atoms with E-state index in [-0.39, 0.29) is 29.7 Å². The van der Waals surface area contributed by atoms with Crippen molar-refractivity contribution >= 4 is 40.0 Å². The third-order valence-corrected chi connectivity index (χ3v) is 6.64. The van der Waals surface area contributed by atoms with Gasteiger partial charge < -0.3 is 15.4 Å². The molecule has 7 nitrogen and oxygen atoms in total. The average molecular weight is 538 g/mol. The van der Waals surface area contributed by atoms with Gasteiger partial charge in [0, 0.05) is 33.2 Å². The summed E-state index contributed by atoms with van der Waals surface area (Å²) in [4.78, 5) is 4.25. The van der Waals surface area contributed by atoms with Gasteiger partial charge in [0.2, 0.25) is 10.0 Å². The Morgan fingerprint density at radius 2 is 1.79 bits per heavy atom. The summed E-state index contributed by atoms with van der Waals surface area (Å²) >= 11 is 0. The van der Waals surface area contributed by atoms with Crippen LogP contribution in [0.2, 0.25) is 0 Å². The number of benzene rings is 1. The van der Waals surface area contributed by atoms with Crippen LogP contribution in [0.1, 0.15) is 43.7 Å². The first-order valence-corrected chi connectivity index (χ1v) is 11.7. The standard InChI is InChI=1S/C20H34N4O3S.HI/c1-3-4-5-8-11-22-20(21-2)23-16-18-9-6-7-10-19(18)17-28(25,26)24-12-14-27-15-13-24;/h6-7,9-10H,3-5,8,11-17H2,1-2H3,(H2,21,22,23);1H. The Morgan fingerprint density at radius 3 is 2.45 bits per heavy atom. The number of ether oxygens (including phenoxy) is 1. The number of hydrogen-bond donors (Lipinski definition) is 2. The van der Waals surface area contributed by atoms with Crippen molar-refractivity contribution in [1.82, 2.24) is 14.9 Å². The largest absolute Gasteiger partial charge is 0.379 e. The number of nitrogens with one attached hydrogen (secondary N) is 2. The Morgan fingerprint density at radius 1 is 1.10 bits per heavy atom. The zero-order valence-electron chi connectivity index (χ0n) is 17.5. The van der Waals surface area contributed by atoms with Crippen molar-refractivity contribution in [2.24, 2.45) is 4.99 Å². The molecule has 1 aliphatic rings. The normalized spacial score (nSPS) is 15.6. The first-order valence-electron chi connectivity index (χ1n) is 10.1. The SMILES string of the molecule is CCCCCCNC(=NC)NCc1ccccc1CS(=O)(=O)N1CCOCC1.I. The van der Waals surface area contributed by atoms with Crippen molar-refractivity contribution < 1.29 is 13.2 Å². The van der Waals surface area contributed by atoms with Gasteiger partial charge in [0.15, 0.2) is 5.96 Å². The van der Waals surface area contributed by atoms with E-state index < -0.39 is 10.0 Å². The van der Waals surface area contributed by atoms with Gasteiger partial charge in [-0.3, -0.25) is 4.99 Å². The van der Waals surface area contributed by atoms with E-state index in [2.05, 4.69) is 22.5 Å². The number of rotatable bonds is 10. The van der Waals surface area contributed by atoms with Crippen molar-refractivity contribution in [2.45, 2.75) is 44.9 Å². The number of hydrogen-bond acceptors (Lipinski definition) is 4. The number of unbranched alkanes of at least 4 members (excludes halogenated alkanes) is 3. The number of guanidine groups is 1. The fourth-order valence-electron chi connectivity index (χ4n) is 3.14. The van der Waals surface area contributed by atoms with Gasteiger partial charge in [-0.05, 0) is 17.5 Å². The van der Waals surface area contributed by atoms with Crippen molar-refractivity contribution in [3.8, 4) is 0 Å². The zero-order chi connectivity index (χ0) is 20.2. The molecule has 1 fully saturated rings. The molecule has 0 aromatic heterocycles. The van der Waals surface area contributed by atoms with Crippen LogP contribution in [0.15, 0.2) is 29.3 Å². The topological polar surface area (TPSA) is 83.0 Å². The lowest BCUT2D eigenvalue weighted by atomic mass is 10.1. The van der Waals surface area contributed by atoms with E-state index in [0.29, 0.717) is 32.8 Å². The minimum atomic E-state index is -3.35. The minimum Gasteiger partial charge on any atom is -0.379 e. The maximum atomic E-state index is 12.7. The van der Waals surface area contributed by atoms with Gasteiger partial charge in [0.1, 0.15) is 0 Å². The predicted octanol–water partition coefficient (Wildman–Crippen LogP) is 2.71. The molecule has 0 radical (unpaired) electrons. The molecule has 0 unspecified atom stereocenters. The van der Waals surface area contributed by atoms with Gasteiger partial charge in [0.25, 0.3) is 0 Å². The van der Waals surface area contributed by atoms with Gasteiger partial charge in [-0.25, -0.2) is 8.42 Å². The summed E-state index contributed by atoms with van der Waals surface area (Å²) < 4.78 is 32.3. The predicted molar refractivity (Wildman–Crippen MR) is 129 cm³/mol. The van der Waals surface area contributed by atoms with Crippen molar-refractivity contribution in [1.29, 1.82) is 0 Å². The molecule has 0 atom stereocenters. The molecule has 0 spiro atoms. The molecule has 9 heteroatoms. The first-order chi connectivity index (χ1) is 13.6. The molecule has 0 amide bonds. The van der Waals surface area contributed by atoms with Crippen LogP contribution in [0.3, 0.4) is 0 Å². The number of nitrogens with zero attached hydrogens (tertiary/aromatic N) is 2. The molecule has 1 saturated heterocycles. The van der Waals surface area contributed by atoms with Crippen LogP contribution in [0.5, 0.6) is 0 Å². The molecular weight excluding hydrogens is 503 g/mol. The highest BCUT2D eigenvalue weighted by atomic mass is 127. The highest BCUT2D eigenvalue weighted by Gasteiger charge is 2.25. The summed E-state index contributed by atoms with van der Waals surface area (Å²) in [6, 6.07) is 7.67. The Labute approximate surface area is 192 Å². The Kier molecular flexibility index (Phi) is 12.8. The summed E-state index contributed by atoms with van der Waals surface area (Å²) in [6.45, 7) is 5.39. The number of sulfonamides is 1. The van der Waals surface area contributed by atoms with Gasteiger partial charge >= 0.3 is 0 Å². The van der Waals surface area contributed by atoms with E-state index in [4.69, 9.17) is 4.74 Å². The van der Waals surface area contributed by atoms with Crippen LogP contribution in [-0.4, -0.2) is 58.6 Å². The van der Waals surface area contributed by atoms with E-state index in [1.54, 1.807) is 7.05 Å². The van der Waals surface area contributed by atoms with Crippen LogP contribution >= 0.6 is 24.0 Å². The van der Waals surface area contributed by atoms with Crippen molar-refractivity contribution in [3.05, 3.63) is 35.4 Å². The second kappa shape index (κ2) is 14.2. The molecule has 1 aromatic carbocycles. The van der Waals surface area contributed by atoms with Crippen LogP contribution in [0, 0.1) is 0 Å². The maximum absolute atomic E-state index is 12.7. The number of morpholine rings is 1. The summed E-state index contributed by atoms with van der Waals surface area (Å²) in [5, 5.41) is 6.61. The van der Waals surface area contributed by atoms with Gasteiger partial charge in [-0.1, -0.05) is 50.5 Å². The molecule has 166 valence electrons. The molecule has 0 aliphatic carbocycles. The monoisotopic (exact) mass is 538 g/mol. The van der Waals surface area contributed by atoms with Crippen LogP contribution < -0.4 is 10.6 Å². The zero-order valence-corrected chi connectivity index (χ0v) is 20.7. The van der Waals surface area contributed by atoms with E-state index >= 15 is 0 Å². The summed E-state index contributed by atoms with van der Waals surface area (Å²) in [5.74, 6) is 0.746. The molecule has 2 rings (SSSR count). The quantitative estimate of drug-likeness (QED) is 0.207. The molecule has 0 bridgehead atoms. The highest BCUT2D eigenvalue weighted by molar-refractivity contribution is 14.0. The Hall–Kier alpha value is -0.910. The third-order valence-electron chi connectivity index (χ3n) is 4.81. The lowest BCUT2D eigenvalue weighted by molar-refractivity contribution is 0.0729. The fraction of sp³-hybridized carbons (Fsp3) is 0.650. The molecule has 29 heavy (non-hydrogen) atoms. The van der Waals surface area contributed by atoms with Crippen LogP contribution in [-0.2, 0) is 27.1 Å². The third kappa shape index (κ3) is 9.18. The van der Waals surface area contributed by atoms with E-state index in [1.165, 1.54) is 23.6 Å².